The Labute approximate surface area is 87.3 Å². The zero-order chi connectivity index (χ0) is 10.8. The van der Waals surface area contributed by atoms with E-state index >= 15 is 0 Å². The molecule has 0 aliphatic heterocycles. The second-order valence-corrected chi connectivity index (χ2v) is 5.40. The number of hydrogen-bond acceptors (Lipinski definition) is 1. The number of rotatable bonds is 3. The molecule has 0 spiro atoms. The predicted molar refractivity (Wildman–Crippen MR) is 60.4 cm³/mol. The molecule has 0 radical (unpaired) electrons. The van der Waals surface area contributed by atoms with Crippen molar-refractivity contribution in [2.45, 2.75) is 53.0 Å². The first kappa shape index (κ1) is 11.3. The molecular formula is C12H22N2. The fourth-order valence-electron chi connectivity index (χ4n) is 1.28. The van der Waals surface area contributed by atoms with Gasteiger partial charge in [0.2, 0.25) is 0 Å². The second kappa shape index (κ2) is 4.16. The molecule has 0 amide bonds. The predicted octanol–water partition coefficient (Wildman–Crippen LogP) is 3.23. The van der Waals surface area contributed by atoms with Gasteiger partial charge in [0, 0.05) is 18.2 Å². The molecule has 0 bridgehead atoms. The third-order valence-corrected chi connectivity index (χ3v) is 2.34. The lowest BCUT2D eigenvalue weighted by molar-refractivity contribution is 0.472. The minimum Gasteiger partial charge on any atom is -0.272 e. The van der Waals surface area contributed by atoms with Crippen LogP contribution < -0.4 is 0 Å². The van der Waals surface area contributed by atoms with Crippen molar-refractivity contribution in [3.8, 4) is 0 Å². The van der Waals surface area contributed by atoms with Gasteiger partial charge in [-0.3, -0.25) is 4.68 Å². The highest BCUT2D eigenvalue weighted by Crippen LogP contribution is 2.19. The Morgan fingerprint density at radius 2 is 2.00 bits per heavy atom. The van der Waals surface area contributed by atoms with Crippen LogP contribution in [0.2, 0.25) is 0 Å². The second-order valence-electron chi connectivity index (χ2n) is 5.40. The van der Waals surface area contributed by atoms with Gasteiger partial charge in [-0.1, -0.05) is 34.6 Å². The van der Waals surface area contributed by atoms with Crippen molar-refractivity contribution in [2.24, 2.45) is 5.92 Å². The minimum atomic E-state index is 0.170. The number of nitrogens with zero attached hydrogens (tertiary/aromatic N) is 2. The van der Waals surface area contributed by atoms with Gasteiger partial charge in [-0.05, 0) is 18.4 Å². The lowest BCUT2D eigenvalue weighted by atomic mass is 9.93. The Kier molecular flexibility index (Phi) is 3.35. The lowest BCUT2D eigenvalue weighted by Crippen LogP contribution is -2.13. The number of hydrogen-bond donors (Lipinski definition) is 0. The van der Waals surface area contributed by atoms with E-state index in [1.165, 1.54) is 12.1 Å². The van der Waals surface area contributed by atoms with E-state index < -0.39 is 0 Å². The molecule has 1 aromatic rings. The maximum absolute atomic E-state index is 4.57. The Hall–Kier alpha value is -0.790. The van der Waals surface area contributed by atoms with Gasteiger partial charge >= 0.3 is 0 Å². The summed E-state index contributed by atoms with van der Waals surface area (Å²) in [4.78, 5) is 0. The third-order valence-electron chi connectivity index (χ3n) is 2.34. The maximum atomic E-state index is 4.57. The van der Waals surface area contributed by atoms with E-state index in [-0.39, 0.29) is 5.41 Å². The normalized spacial score (nSPS) is 12.4. The smallest absolute Gasteiger partial charge is 0.0677 e. The highest BCUT2D eigenvalue weighted by molar-refractivity contribution is 5.10. The van der Waals surface area contributed by atoms with Crippen molar-refractivity contribution in [3.63, 3.8) is 0 Å². The van der Waals surface area contributed by atoms with E-state index in [2.05, 4.69) is 56.7 Å². The molecule has 0 aliphatic carbocycles. The Morgan fingerprint density at radius 3 is 2.43 bits per heavy atom. The van der Waals surface area contributed by atoms with Gasteiger partial charge in [-0.15, -0.1) is 0 Å². The molecule has 0 aromatic carbocycles. The highest BCUT2D eigenvalue weighted by Gasteiger charge is 2.16. The molecule has 0 unspecified atom stereocenters. The fourth-order valence-corrected chi connectivity index (χ4v) is 1.28. The number of aromatic nitrogens is 2. The standard InChI is InChI=1S/C12H22N2/c1-10(2)6-8-14-9-7-11(13-14)12(3,4)5/h7,9-10H,6,8H2,1-5H3. The minimum absolute atomic E-state index is 0.170. The molecule has 0 N–H and O–H groups in total. The van der Waals surface area contributed by atoms with Crippen molar-refractivity contribution >= 4 is 0 Å². The first-order valence-electron chi connectivity index (χ1n) is 5.43. The molecule has 80 valence electrons. The van der Waals surface area contributed by atoms with Crippen LogP contribution in [-0.4, -0.2) is 9.78 Å². The quantitative estimate of drug-likeness (QED) is 0.722. The van der Waals surface area contributed by atoms with E-state index in [1.807, 2.05) is 0 Å². The van der Waals surface area contributed by atoms with E-state index in [0.29, 0.717) is 0 Å². The first-order chi connectivity index (χ1) is 6.39. The summed E-state index contributed by atoms with van der Waals surface area (Å²) in [5.74, 6) is 0.747. The molecule has 0 fully saturated rings. The summed E-state index contributed by atoms with van der Waals surface area (Å²) in [6.07, 6.45) is 3.29. The summed E-state index contributed by atoms with van der Waals surface area (Å²) in [5, 5.41) is 4.57. The number of aryl methyl sites for hydroxylation is 1. The van der Waals surface area contributed by atoms with Crippen molar-refractivity contribution in [1.29, 1.82) is 0 Å². The van der Waals surface area contributed by atoms with Crippen molar-refractivity contribution < 1.29 is 0 Å². The largest absolute Gasteiger partial charge is 0.272 e. The molecule has 2 heteroatoms. The molecular weight excluding hydrogens is 172 g/mol. The van der Waals surface area contributed by atoms with Gasteiger partial charge in [-0.2, -0.15) is 5.10 Å². The monoisotopic (exact) mass is 194 g/mol. The molecule has 0 aliphatic rings. The molecule has 1 aromatic heterocycles. The van der Waals surface area contributed by atoms with Crippen LogP contribution in [0.15, 0.2) is 12.3 Å². The van der Waals surface area contributed by atoms with Gasteiger partial charge in [0.15, 0.2) is 0 Å². The zero-order valence-electron chi connectivity index (χ0n) is 10.0. The SMILES string of the molecule is CC(C)CCn1ccc(C(C)(C)C)n1. The molecule has 0 saturated carbocycles. The summed E-state index contributed by atoms with van der Waals surface area (Å²) in [7, 11) is 0. The summed E-state index contributed by atoms with van der Waals surface area (Å²) in [5.41, 5.74) is 1.35. The van der Waals surface area contributed by atoms with Gasteiger partial charge in [0.1, 0.15) is 0 Å². The van der Waals surface area contributed by atoms with Gasteiger partial charge in [-0.25, -0.2) is 0 Å². The maximum Gasteiger partial charge on any atom is 0.0677 e. The molecule has 0 saturated heterocycles. The summed E-state index contributed by atoms with van der Waals surface area (Å²) in [6, 6.07) is 2.13. The lowest BCUT2D eigenvalue weighted by Gasteiger charge is -2.14. The molecule has 1 rings (SSSR count). The summed E-state index contributed by atoms with van der Waals surface area (Å²) >= 11 is 0. The zero-order valence-corrected chi connectivity index (χ0v) is 10.0. The van der Waals surface area contributed by atoms with Gasteiger partial charge < -0.3 is 0 Å². The van der Waals surface area contributed by atoms with Gasteiger partial charge in [0.05, 0.1) is 5.69 Å². The van der Waals surface area contributed by atoms with Crippen molar-refractivity contribution in [3.05, 3.63) is 18.0 Å². The van der Waals surface area contributed by atoms with Crippen molar-refractivity contribution in [1.82, 2.24) is 9.78 Å². The topological polar surface area (TPSA) is 17.8 Å². The first-order valence-corrected chi connectivity index (χ1v) is 5.43. The van der Waals surface area contributed by atoms with Crippen molar-refractivity contribution in [2.75, 3.05) is 0 Å². The highest BCUT2D eigenvalue weighted by atomic mass is 15.3. The van der Waals surface area contributed by atoms with E-state index in [0.717, 1.165) is 12.5 Å². The van der Waals surface area contributed by atoms with E-state index in [1.54, 1.807) is 0 Å². The van der Waals surface area contributed by atoms with Crippen LogP contribution in [0.5, 0.6) is 0 Å². The Morgan fingerprint density at radius 1 is 1.36 bits per heavy atom. The fraction of sp³-hybridized carbons (Fsp3) is 0.750. The van der Waals surface area contributed by atoms with Crippen LogP contribution in [0.4, 0.5) is 0 Å². The molecule has 0 atom stereocenters. The average molecular weight is 194 g/mol. The summed E-state index contributed by atoms with van der Waals surface area (Å²) in [6.45, 7) is 12.1. The third kappa shape index (κ3) is 3.17. The van der Waals surface area contributed by atoms with Crippen LogP contribution in [0, 0.1) is 5.92 Å². The van der Waals surface area contributed by atoms with E-state index in [9.17, 15) is 0 Å². The van der Waals surface area contributed by atoms with Crippen LogP contribution >= 0.6 is 0 Å². The summed E-state index contributed by atoms with van der Waals surface area (Å²) < 4.78 is 2.06. The van der Waals surface area contributed by atoms with Crippen LogP contribution in [-0.2, 0) is 12.0 Å². The average Bonchev–Trinajstić information content (AvgIpc) is 2.47. The van der Waals surface area contributed by atoms with Crippen LogP contribution in [0.25, 0.3) is 0 Å². The Bertz CT molecular complexity index is 279. The van der Waals surface area contributed by atoms with Crippen LogP contribution in [0.1, 0.15) is 46.7 Å². The molecule has 1 heterocycles. The Balaban J connectivity index is 2.60. The van der Waals surface area contributed by atoms with Gasteiger partial charge in [0.25, 0.3) is 0 Å². The molecule has 2 nitrogen and oxygen atoms in total. The van der Waals surface area contributed by atoms with Crippen LogP contribution in [0.3, 0.4) is 0 Å². The van der Waals surface area contributed by atoms with E-state index in [4.69, 9.17) is 0 Å². The molecule has 14 heavy (non-hydrogen) atoms.